The maximum Gasteiger partial charge on any atom is 0.410 e. The van der Waals surface area contributed by atoms with Gasteiger partial charge in [0.15, 0.2) is 0 Å². The zero-order valence-electron chi connectivity index (χ0n) is 18.8. The van der Waals surface area contributed by atoms with Crippen molar-refractivity contribution in [3.63, 3.8) is 0 Å². The molecular formula is C22H27FN4O6. The number of hydrogen-bond donors (Lipinski definition) is 2. The Labute approximate surface area is 190 Å². The number of halogens is 1. The van der Waals surface area contributed by atoms with Gasteiger partial charge in [0, 0.05) is 32.1 Å². The average Bonchev–Trinajstić information content (AvgIpc) is 2.73. The Morgan fingerprint density at radius 1 is 1.24 bits per heavy atom. The van der Waals surface area contributed by atoms with Gasteiger partial charge >= 0.3 is 6.09 Å². The van der Waals surface area contributed by atoms with E-state index in [0.717, 1.165) is 0 Å². The molecule has 0 radical (unpaired) electrons. The predicted molar refractivity (Wildman–Crippen MR) is 114 cm³/mol. The number of nitrogens with zero attached hydrogens (tertiary/aromatic N) is 2. The van der Waals surface area contributed by atoms with Crippen molar-refractivity contribution in [2.45, 2.75) is 51.3 Å². The molecule has 33 heavy (non-hydrogen) atoms. The van der Waals surface area contributed by atoms with Gasteiger partial charge in [-0.05, 0) is 33.3 Å². The fraction of sp³-hybridized carbons (Fsp3) is 0.545. The molecule has 10 nitrogen and oxygen atoms in total. The third-order valence-corrected chi connectivity index (χ3v) is 5.71. The maximum atomic E-state index is 14.9. The molecule has 0 aromatic heterocycles. The van der Waals surface area contributed by atoms with E-state index in [2.05, 4.69) is 10.6 Å². The molecule has 3 aliphatic rings. The van der Waals surface area contributed by atoms with Crippen molar-refractivity contribution in [3.05, 3.63) is 23.5 Å². The van der Waals surface area contributed by atoms with Crippen LogP contribution in [-0.4, -0.2) is 72.6 Å². The molecule has 0 bridgehead atoms. The topological polar surface area (TPSA) is 117 Å². The van der Waals surface area contributed by atoms with Crippen LogP contribution in [0.3, 0.4) is 0 Å². The Morgan fingerprint density at radius 2 is 2.00 bits per heavy atom. The lowest BCUT2D eigenvalue weighted by molar-refractivity contribution is -0.134. The minimum atomic E-state index is -0.906. The van der Waals surface area contributed by atoms with Crippen LogP contribution < -0.4 is 20.3 Å². The molecule has 1 aromatic rings. The van der Waals surface area contributed by atoms with Crippen LogP contribution in [0.15, 0.2) is 12.1 Å². The summed E-state index contributed by atoms with van der Waals surface area (Å²) in [6, 6.07) is 1.48. The zero-order chi connectivity index (χ0) is 23.9. The van der Waals surface area contributed by atoms with Gasteiger partial charge < -0.3 is 24.6 Å². The first-order chi connectivity index (χ1) is 15.5. The summed E-state index contributed by atoms with van der Waals surface area (Å²) < 4.78 is 26.1. The van der Waals surface area contributed by atoms with E-state index in [4.69, 9.17) is 9.47 Å². The number of carbonyl (C=O) groups is 4. The maximum absolute atomic E-state index is 14.9. The standard InChI is InChI=1S/C22H27FN4O6/c1-22(2,3)33-21(31)26-6-7-27-12(10-26)11-32-17-8-13(14(23)9-16(17)27)19(29)24-15-4-5-18(28)25-20(15)30/h8-9,12,15H,4-7,10-11H2,1-3H3,(H,24,29)(H,25,28,30)/t12-,15-/m0/s1. The molecule has 3 aliphatic heterocycles. The Morgan fingerprint density at radius 3 is 2.70 bits per heavy atom. The summed E-state index contributed by atoms with van der Waals surface area (Å²) in [6.45, 7) is 6.90. The molecule has 2 atom stereocenters. The molecule has 2 fully saturated rings. The minimum Gasteiger partial charge on any atom is -0.489 e. The van der Waals surface area contributed by atoms with Crippen LogP contribution in [0.25, 0.3) is 0 Å². The van der Waals surface area contributed by atoms with E-state index < -0.39 is 41.3 Å². The van der Waals surface area contributed by atoms with Crippen LogP contribution in [0, 0.1) is 5.82 Å². The number of rotatable bonds is 2. The van der Waals surface area contributed by atoms with Crippen LogP contribution in [0.5, 0.6) is 5.75 Å². The summed E-state index contributed by atoms with van der Waals surface area (Å²) in [7, 11) is 0. The van der Waals surface area contributed by atoms with E-state index in [9.17, 15) is 23.6 Å². The quantitative estimate of drug-likeness (QED) is 0.634. The van der Waals surface area contributed by atoms with Crippen LogP contribution in [0.4, 0.5) is 14.9 Å². The number of hydrogen-bond acceptors (Lipinski definition) is 7. The molecule has 2 N–H and O–H groups in total. The number of amides is 4. The Kier molecular flexibility index (Phi) is 5.89. The number of piperidine rings is 1. The zero-order valence-corrected chi connectivity index (χ0v) is 18.8. The molecule has 2 saturated heterocycles. The second-order valence-corrected chi connectivity index (χ2v) is 9.36. The van der Waals surface area contributed by atoms with Crippen LogP contribution in [0.2, 0.25) is 0 Å². The lowest BCUT2D eigenvalue weighted by Crippen LogP contribution is -2.59. The van der Waals surface area contributed by atoms with Crippen molar-refractivity contribution in [1.29, 1.82) is 0 Å². The molecule has 4 amide bonds. The van der Waals surface area contributed by atoms with E-state index in [1.54, 1.807) is 25.7 Å². The highest BCUT2D eigenvalue weighted by molar-refractivity contribution is 6.04. The molecule has 4 rings (SSSR count). The SMILES string of the molecule is CC(C)(C)OC(=O)N1CCN2c3cc(F)c(C(=O)N[C@H]4CCC(=O)NC4=O)cc3OC[C@@H]2C1. The van der Waals surface area contributed by atoms with Crippen molar-refractivity contribution in [1.82, 2.24) is 15.5 Å². The summed E-state index contributed by atoms with van der Waals surface area (Å²) in [4.78, 5) is 51.8. The normalized spacial score (nSPS) is 22.5. The second kappa shape index (κ2) is 8.53. The van der Waals surface area contributed by atoms with Crippen molar-refractivity contribution in [2.75, 3.05) is 31.1 Å². The van der Waals surface area contributed by atoms with Crippen LogP contribution >= 0.6 is 0 Å². The predicted octanol–water partition coefficient (Wildman–Crippen LogP) is 1.18. The van der Waals surface area contributed by atoms with Crippen molar-refractivity contribution in [2.24, 2.45) is 0 Å². The highest BCUT2D eigenvalue weighted by Gasteiger charge is 2.37. The number of ether oxygens (including phenoxy) is 2. The lowest BCUT2D eigenvalue weighted by Gasteiger charge is -2.45. The summed E-state index contributed by atoms with van der Waals surface area (Å²) in [5.41, 5.74) is -0.341. The van der Waals surface area contributed by atoms with Crippen molar-refractivity contribution < 1.29 is 33.0 Å². The second-order valence-electron chi connectivity index (χ2n) is 9.36. The first kappa shape index (κ1) is 22.8. The molecule has 0 aliphatic carbocycles. The van der Waals surface area contributed by atoms with E-state index in [-0.39, 0.29) is 31.1 Å². The summed E-state index contributed by atoms with van der Waals surface area (Å²) in [5.74, 6) is -2.17. The van der Waals surface area contributed by atoms with Gasteiger partial charge in [-0.2, -0.15) is 0 Å². The van der Waals surface area contributed by atoms with Crippen molar-refractivity contribution >= 4 is 29.5 Å². The monoisotopic (exact) mass is 462 g/mol. The smallest absolute Gasteiger partial charge is 0.410 e. The number of benzene rings is 1. The largest absolute Gasteiger partial charge is 0.489 e. The third kappa shape index (κ3) is 4.86. The highest BCUT2D eigenvalue weighted by atomic mass is 19.1. The van der Waals surface area contributed by atoms with Gasteiger partial charge in [-0.1, -0.05) is 0 Å². The third-order valence-electron chi connectivity index (χ3n) is 5.71. The highest BCUT2D eigenvalue weighted by Crippen LogP contribution is 2.37. The first-order valence-electron chi connectivity index (χ1n) is 10.9. The molecule has 0 spiro atoms. The number of piperazine rings is 1. The van der Waals surface area contributed by atoms with E-state index in [1.807, 2.05) is 4.90 Å². The van der Waals surface area contributed by atoms with E-state index in [0.29, 0.717) is 31.1 Å². The Balaban J connectivity index is 1.46. The van der Waals surface area contributed by atoms with Crippen LogP contribution in [-0.2, 0) is 14.3 Å². The number of fused-ring (bicyclic) bond motifs is 3. The summed E-state index contributed by atoms with van der Waals surface area (Å²) in [6.07, 6.45) is -0.147. The van der Waals surface area contributed by atoms with Gasteiger partial charge in [-0.15, -0.1) is 0 Å². The average molecular weight is 462 g/mol. The number of carbonyl (C=O) groups excluding carboxylic acids is 4. The Bertz CT molecular complexity index is 1010. The number of anilines is 1. The summed E-state index contributed by atoms with van der Waals surface area (Å²) in [5, 5.41) is 4.63. The van der Waals surface area contributed by atoms with E-state index in [1.165, 1.54) is 12.1 Å². The van der Waals surface area contributed by atoms with E-state index >= 15 is 0 Å². The van der Waals surface area contributed by atoms with Crippen molar-refractivity contribution in [3.8, 4) is 5.75 Å². The van der Waals surface area contributed by atoms with Gasteiger partial charge in [0.1, 0.15) is 29.8 Å². The fourth-order valence-electron chi connectivity index (χ4n) is 4.12. The van der Waals surface area contributed by atoms with Gasteiger partial charge in [0.2, 0.25) is 11.8 Å². The molecular weight excluding hydrogens is 435 g/mol. The summed E-state index contributed by atoms with van der Waals surface area (Å²) >= 11 is 0. The molecule has 0 unspecified atom stereocenters. The molecule has 11 heteroatoms. The lowest BCUT2D eigenvalue weighted by atomic mass is 10.0. The van der Waals surface area contributed by atoms with Gasteiger partial charge in [-0.25, -0.2) is 9.18 Å². The molecule has 1 aromatic carbocycles. The van der Waals surface area contributed by atoms with Gasteiger partial charge in [0.25, 0.3) is 5.91 Å². The number of nitrogens with one attached hydrogen (secondary N) is 2. The Hall–Kier alpha value is -3.37. The number of imide groups is 1. The fourth-order valence-corrected chi connectivity index (χ4v) is 4.12. The molecule has 0 saturated carbocycles. The van der Waals surface area contributed by atoms with Crippen LogP contribution in [0.1, 0.15) is 44.0 Å². The van der Waals surface area contributed by atoms with Gasteiger partial charge in [0.05, 0.1) is 17.3 Å². The molecule has 3 heterocycles. The molecule has 178 valence electrons. The van der Waals surface area contributed by atoms with Gasteiger partial charge in [-0.3, -0.25) is 19.7 Å². The first-order valence-corrected chi connectivity index (χ1v) is 10.9. The minimum absolute atomic E-state index is 0.100.